The van der Waals surface area contributed by atoms with Crippen LogP contribution in [0.4, 0.5) is 16.2 Å². The Morgan fingerprint density at radius 1 is 1.53 bits per heavy atom. The first-order chi connectivity index (χ1) is 7.22. The Kier molecular flexibility index (Phi) is 2.49. The van der Waals surface area contributed by atoms with E-state index < -0.39 is 0 Å². The number of ether oxygens (including phenoxy) is 1. The normalized spacial score (nSPS) is 14.7. The van der Waals surface area contributed by atoms with E-state index in [4.69, 9.17) is 10.5 Å². The van der Waals surface area contributed by atoms with Crippen LogP contribution in [0.2, 0.25) is 0 Å². The Morgan fingerprint density at radius 2 is 2.33 bits per heavy atom. The van der Waals surface area contributed by atoms with Gasteiger partial charge in [-0.3, -0.25) is 4.90 Å². The van der Waals surface area contributed by atoms with Gasteiger partial charge < -0.3 is 10.5 Å². The lowest BCUT2D eigenvalue weighted by Gasteiger charge is -2.28. The van der Waals surface area contributed by atoms with Crippen molar-refractivity contribution in [2.75, 3.05) is 17.2 Å². The SMILES string of the molecule is CCCN1C(=O)OCc2cc(N)ccc21. The average Bonchev–Trinajstić information content (AvgIpc) is 2.22. The summed E-state index contributed by atoms with van der Waals surface area (Å²) in [6.45, 7) is 3.02. The number of hydrogen-bond donors (Lipinski definition) is 1. The molecular formula is C11H14N2O2. The number of cyclic esters (lactones) is 1. The second-order valence-electron chi connectivity index (χ2n) is 3.59. The van der Waals surface area contributed by atoms with Crippen LogP contribution < -0.4 is 10.6 Å². The van der Waals surface area contributed by atoms with E-state index in [0.29, 0.717) is 18.8 Å². The van der Waals surface area contributed by atoms with Crippen LogP contribution in [0.25, 0.3) is 0 Å². The zero-order chi connectivity index (χ0) is 10.8. The zero-order valence-electron chi connectivity index (χ0n) is 8.69. The van der Waals surface area contributed by atoms with Crippen molar-refractivity contribution in [3.05, 3.63) is 23.8 Å². The number of hydrogen-bond acceptors (Lipinski definition) is 3. The number of carbonyl (C=O) groups is 1. The Bertz CT molecular complexity index is 390. The van der Waals surface area contributed by atoms with Crippen molar-refractivity contribution in [2.45, 2.75) is 20.0 Å². The molecule has 1 aromatic rings. The molecule has 1 aliphatic rings. The second-order valence-corrected chi connectivity index (χ2v) is 3.59. The molecule has 1 heterocycles. The van der Waals surface area contributed by atoms with E-state index in [-0.39, 0.29) is 6.09 Å². The van der Waals surface area contributed by atoms with Gasteiger partial charge in [0.1, 0.15) is 6.61 Å². The van der Waals surface area contributed by atoms with E-state index in [2.05, 4.69) is 0 Å². The predicted molar refractivity (Wildman–Crippen MR) is 58.7 cm³/mol. The van der Waals surface area contributed by atoms with Crippen molar-refractivity contribution in [3.63, 3.8) is 0 Å². The molecule has 0 aromatic heterocycles. The number of rotatable bonds is 2. The van der Waals surface area contributed by atoms with Gasteiger partial charge in [-0.15, -0.1) is 0 Å². The molecule has 4 heteroatoms. The van der Waals surface area contributed by atoms with Crippen LogP contribution in [0.5, 0.6) is 0 Å². The third kappa shape index (κ3) is 1.75. The number of carbonyl (C=O) groups excluding carboxylic acids is 1. The number of nitrogen functional groups attached to an aromatic ring is 1. The molecule has 0 atom stereocenters. The quantitative estimate of drug-likeness (QED) is 0.754. The first kappa shape index (κ1) is 9.83. The molecular weight excluding hydrogens is 192 g/mol. The van der Waals surface area contributed by atoms with Crippen molar-refractivity contribution in [1.29, 1.82) is 0 Å². The van der Waals surface area contributed by atoms with Gasteiger partial charge in [0.25, 0.3) is 0 Å². The van der Waals surface area contributed by atoms with Gasteiger partial charge in [-0.05, 0) is 24.6 Å². The van der Waals surface area contributed by atoms with Gasteiger partial charge in [0.2, 0.25) is 0 Å². The zero-order valence-corrected chi connectivity index (χ0v) is 8.69. The minimum atomic E-state index is -0.269. The van der Waals surface area contributed by atoms with E-state index in [1.165, 1.54) is 0 Å². The largest absolute Gasteiger partial charge is 0.444 e. The fourth-order valence-corrected chi connectivity index (χ4v) is 1.74. The summed E-state index contributed by atoms with van der Waals surface area (Å²) in [4.78, 5) is 13.2. The minimum absolute atomic E-state index is 0.269. The maximum Gasteiger partial charge on any atom is 0.414 e. The minimum Gasteiger partial charge on any atom is -0.444 e. The van der Waals surface area contributed by atoms with Gasteiger partial charge in [0.15, 0.2) is 0 Å². The highest BCUT2D eigenvalue weighted by molar-refractivity contribution is 5.90. The highest BCUT2D eigenvalue weighted by atomic mass is 16.6. The monoisotopic (exact) mass is 206 g/mol. The molecule has 0 spiro atoms. The summed E-state index contributed by atoms with van der Waals surface area (Å²) in [6, 6.07) is 5.53. The van der Waals surface area contributed by atoms with Gasteiger partial charge >= 0.3 is 6.09 Å². The molecule has 1 amide bonds. The Balaban J connectivity index is 2.39. The number of nitrogens with two attached hydrogens (primary N) is 1. The van der Waals surface area contributed by atoms with Crippen LogP contribution in [0.1, 0.15) is 18.9 Å². The smallest absolute Gasteiger partial charge is 0.414 e. The number of benzene rings is 1. The number of nitrogens with zero attached hydrogens (tertiary/aromatic N) is 1. The van der Waals surface area contributed by atoms with Gasteiger partial charge in [-0.1, -0.05) is 6.92 Å². The lowest BCUT2D eigenvalue weighted by atomic mass is 10.1. The number of anilines is 2. The van der Waals surface area contributed by atoms with Gasteiger partial charge in [-0.25, -0.2) is 4.79 Å². The van der Waals surface area contributed by atoms with Crippen LogP contribution in [0.15, 0.2) is 18.2 Å². The van der Waals surface area contributed by atoms with Crippen molar-refractivity contribution >= 4 is 17.5 Å². The first-order valence-electron chi connectivity index (χ1n) is 5.05. The standard InChI is InChI=1S/C11H14N2O2/c1-2-5-13-10-4-3-9(12)6-8(10)7-15-11(13)14/h3-4,6H,2,5,7,12H2,1H3. The fourth-order valence-electron chi connectivity index (χ4n) is 1.74. The fraction of sp³-hybridized carbons (Fsp3) is 0.364. The van der Waals surface area contributed by atoms with Gasteiger partial charge in [0, 0.05) is 17.8 Å². The molecule has 0 fully saturated rings. The highest BCUT2D eigenvalue weighted by Crippen LogP contribution is 2.28. The van der Waals surface area contributed by atoms with E-state index in [1.54, 1.807) is 11.0 Å². The van der Waals surface area contributed by atoms with E-state index >= 15 is 0 Å². The maximum absolute atomic E-state index is 11.5. The van der Waals surface area contributed by atoms with Crippen LogP contribution in [-0.4, -0.2) is 12.6 Å². The Morgan fingerprint density at radius 3 is 3.07 bits per heavy atom. The molecule has 15 heavy (non-hydrogen) atoms. The molecule has 1 aliphatic heterocycles. The van der Waals surface area contributed by atoms with E-state index in [9.17, 15) is 4.79 Å². The Labute approximate surface area is 88.6 Å². The number of amides is 1. The summed E-state index contributed by atoms with van der Waals surface area (Å²) in [7, 11) is 0. The average molecular weight is 206 g/mol. The van der Waals surface area contributed by atoms with Gasteiger partial charge in [-0.2, -0.15) is 0 Å². The van der Waals surface area contributed by atoms with Crippen molar-refractivity contribution < 1.29 is 9.53 Å². The van der Waals surface area contributed by atoms with Crippen LogP contribution in [-0.2, 0) is 11.3 Å². The first-order valence-corrected chi connectivity index (χ1v) is 5.05. The molecule has 1 aromatic carbocycles. The molecule has 4 nitrogen and oxygen atoms in total. The summed E-state index contributed by atoms with van der Waals surface area (Å²) in [5.74, 6) is 0. The third-order valence-electron chi connectivity index (χ3n) is 2.41. The van der Waals surface area contributed by atoms with Crippen molar-refractivity contribution in [1.82, 2.24) is 0 Å². The van der Waals surface area contributed by atoms with Crippen LogP contribution in [0, 0.1) is 0 Å². The van der Waals surface area contributed by atoms with Crippen LogP contribution >= 0.6 is 0 Å². The summed E-state index contributed by atoms with van der Waals surface area (Å²) in [5, 5.41) is 0. The lowest BCUT2D eigenvalue weighted by Crippen LogP contribution is -2.36. The van der Waals surface area contributed by atoms with Crippen LogP contribution in [0.3, 0.4) is 0 Å². The third-order valence-corrected chi connectivity index (χ3v) is 2.41. The Hall–Kier alpha value is -1.71. The molecule has 0 saturated carbocycles. The molecule has 80 valence electrons. The molecule has 0 bridgehead atoms. The summed E-state index contributed by atoms with van der Waals surface area (Å²) in [6.07, 6.45) is 0.632. The van der Waals surface area contributed by atoms with Gasteiger partial charge in [0.05, 0.1) is 5.69 Å². The molecule has 0 saturated heterocycles. The predicted octanol–water partition coefficient (Wildman–Crippen LogP) is 2.14. The molecule has 2 rings (SSSR count). The summed E-state index contributed by atoms with van der Waals surface area (Å²) < 4.78 is 5.06. The molecule has 0 radical (unpaired) electrons. The number of fused-ring (bicyclic) bond motifs is 1. The highest BCUT2D eigenvalue weighted by Gasteiger charge is 2.24. The second kappa shape index (κ2) is 3.81. The summed E-state index contributed by atoms with van der Waals surface area (Å²) in [5.41, 5.74) is 8.27. The van der Waals surface area contributed by atoms with Crippen molar-refractivity contribution in [2.24, 2.45) is 0 Å². The van der Waals surface area contributed by atoms with Crippen molar-refractivity contribution in [3.8, 4) is 0 Å². The molecule has 0 unspecified atom stereocenters. The topological polar surface area (TPSA) is 55.6 Å². The lowest BCUT2D eigenvalue weighted by molar-refractivity contribution is 0.142. The van der Waals surface area contributed by atoms with E-state index in [0.717, 1.165) is 17.7 Å². The maximum atomic E-state index is 11.5. The molecule has 2 N–H and O–H groups in total. The summed E-state index contributed by atoms with van der Waals surface area (Å²) >= 11 is 0. The van der Waals surface area contributed by atoms with E-state index in [1.807, 2.05) is 19.1 Å². The molecule has 0 aliphatic carbocycles.